The SMILES string of the molecule is C.C.C.CC.CC.CC.CS(=O)(=O)O/N=C1\CCc2c1ccc1ccccc21.CS(=O)(=O)O/N=C1\CCc2ccc3ccccc3c21.CS(=O)(=O)O/N=C1\CCc2ccccc21. The highest BCUT2D eigenvalue weighted by molar-refractivity contribution is 7.86. The standard InChI is InChI=1S/2C14H13NO3S.C10H11NO3S.3C2H6.3CH4/c1-19(16,17)18-15-13-9-8-11-7-6-10-4-2-3-5-12(10)14(11)13;1-19(16,17)18-15-14-9-8-12-11-5-3-2-4-10(11)6-7-13(12)14;1-15(12,13)14-11-10-7-6-8-4-2-3-5-9(8)10;3*1-2;;;/h2*2-7H,8-9H2,1H3;2-5H,6-7H2,1H3;3*1-2H3;3*1H4/b15-13+;15-14+;11-10+;;;;;;. The summed E-state index contributed by atoms with van der Waals surface area (Å²) >= 11 is 0. The lowest BCUT2D eigenvalue weighted by atomic mass is 10.0. The predicted octanol–water partition coefficient (Wildman–Crippen LogP) is 11.2. The molecule has 12 nitrogen and oxygen atoms in total. The van der Waals surface area contributed by atoms with E-state index in [0.717, 1.165) is 71.9 Å². The molecule has 0 saturated heterocycles. The van der Waals surface area contributed by atoms with Gasteiger partial charge in [-0.2, -0.15) is 25.3 Å². The van der Waals surface area contributed by atoms with Crippen LogP contribution in [0.1, 0.15) is 116 Å². The molecule has 0 heterocycles. The minimum atomic E-state index is -3.55. The van der Waals surface area contributed by atoms with Gasteiger partial charge in [0.25, 0.3) is 0 Å². The Hall–Kier alpha value is -5.12. The van der Waals surface area contributed by atoms with Gasteiger partial charge in [0.1, 0.15) is 0 Å². The van der Waals surface area contributed by atoms with Crippen molar-refractivity contribution in [1.82, 2.24) is 0 Å². The van der Waals surface area contributed by atoms with E-state index in [1.165, 1.54) is 27.5 Å². The van der Waals surface area contributed by atoms with Gasteiger partial charge in [0.2, 0.25) is 0 Å². The minimum absolute atomic E-state index is 0. The molecule has 0 atom stereocenters. The predicted molar refractivity (Wildman–Crippen MR) is 261 cm³/mol. The maximum absolute atomic E-state index is 11.0. The molecular weight excluding hydrogens is 847 g/mol. The van der Waals surface area contributed by atoms with Crippen molar-refractivity contribution in [3.8, 4) is 0 Å². The normalized spacial score (nSPS) is 14.9. The van der Waals surface area contributed by atoms with Crippen molar-refractivity contribution in [3.05, 3.63) is 130 Å². The van der Waals surface area contributed by atoms with Crippen LogP contribution in [-0.4, -0.2) is 61.2 Å². The Balaban J connectivity index is 0.000000834. The molecule has 0 spiro atoms. The number of aryl methyl sites for hydroxylation is 3. The van der Waals surface area contributed by atoms with Gasteiger partial charge < -0.3 is 0 Å². The monoisotopic (exact) mass is 913 g/mol. The van der Waals surface area contributed by atoms with Gasteiger partial charge in [-0.25, -0.2) is 0 Å². The molecule has 62 heavy (non-hydrogen) atoms. The first-order chi connectivity index (χ1) is 28.2. The maximum atomic E-state index is 11.0. The van der Waals surface area contributed by atoms with E-state index < -0.39 is 30.4 Å². The molecule has 5 aromatic carbocycles. The average molecular weight is 914 g/mol. The molecular formula is C47H67N3O9S3. The fourth-order valence-corrected chi connectivity index (χ4v) is 7.20. The van der Waals surface area contributed by atoms with Crippen molar-refractivity contribution in [2.24, 2.45) is 15.5 Å². The minimum Gasteiger partial charge on any atom is -0.268 e. The van der Waals surface area contributed by atoms with Crippen molar-refractivity contribution in [1.29, 1.82) is 0 Å². The van der Waals surface area contributed by atoms with Crippen molar-refractivity contribution >= 4 is 69.0 Å². The van der Waals surface area contributed by atoms with Gasteiger partial charge in [-0.3, -0.25) is 12.9 Å². The van der Waals surface area contributed by atoms with Gasteiger partial charge >= 0.3 is 30.4 Å². The van der Waals surface area contributed by atoms with Crippen LogP contribution in [-0.2, 0) is 62.5 Å². The van der Waals surface area contributed by atoms with E-state index in [0.29, 0.717) is 30.0 Å². The van der Waals surface area contributed by atoms with E-state index in [9.17, 15) is 25.3 Å². The van der Waals surface area contributed by atoms with Crippen LogP contribution >= 0.6 is 0 Å². The number of hydrogen-bond acceptors (Lipinski definition) is 12. The molecule has 0 unspecified atom stereocenters. The number of hydrogen-bond donors (Lipinski definition) is 0. The molecule has 0 amide bonds. The second kappa shape index (κ2) is 26.4. The van der Waals surface area contributed by atoms with Gasteiger partial charge in [0.05, 0.1) is 35.9 Å². The lowest BCUT2D eigenvalue weighted by molar-refractivity contribution is 0.341. The molecule has 3 aliphatic carbocycles. The van der Waals surface area contributed by atoms with Crippen LogP contribution in [0.5, 0.6) is 0 Å². The summed E-state index contributed by atoms with van der Waals surface area (Å²) in [6, 6.07) is 32.1. The van der Waals surface area contributed by atoms with E-state index in [1.54, 1.807) is 0 Å². The summed E-state index contributed by atoms with van der Waals surface area (Å²) in [4.78, 5) is 0. The fraction of sp³-hybridized carbons (Fsp3) is 0.383. The molecule has 0 radical (unpaired) electrons. The van der Waals surface area contributed by atoms with Crippen LogP contribution in [0.15, 0.2) is 113 Å². The largest absolute Gasteiger partial charge is 0.325 e. The third kappa shape index (κ3) is 16.3. The summed E-state index contributed by atoms with van der Waals surface area (Å²) < 4.78 is 79.1. The zero-order valence-corrected chi connectivity index (χ0v) is 37.7. The third-order valence-electron chi connectivity index (χ3n) is 8.71. The summed E-state index contributed by atoms with van der Waals surface area (Å²) in [5, 5.41) is 15.8. The van der Waals surface area contributed by atoms with Crippen molar-refractivity contribution in [2.45, 2.75) is 102 Å². The number of oxime groups is 3. The van der Waals surface area contributed by atoms with E-state index in [2.05, 4.69) is 52.6 Å². The molecule has 5 aromatic rings. The first-order valence-electron chi connectivity index (χ1n) is 19.6. The van der Waals surface area contributed by atoms with Gasteiger partial charge in [-0.05, 0) is 76.8 Å². The first-order valence-corrected chi connectivity index (χ1v) is 25.1. The maximum Gasteiger partial charge on any atom is 0.325 e. The molecule has 15 heteroatoms. The van der Waals surface area contributed by atoms with Crippen molar-refractivity contribution in [3.63, 3.8) is 0 Å². The van der Waals surface area contributed by atoms with Crippen LogP contribution in [0.4, 0.5) is 0 Å². The first kappa shape index (κ1) is 56.9. The summed E-state index contributed by atoms with van der Waals surface area (Å²) in [6.07, 6.45) is 7.74. The Labute approximate surface area is 372 Å². The smallest absolute Gasteiger partial charge is 0.268 e. The van der Waals surface area contributed by atoms with Gasteiger partial charge in [-0.15, -0.1) is 0 Å². The van der Waals surface area contributed by atoms with Crippen LogP contribution < -0.4 is 0 Å². The molecule has 3 aliphatic rings. The van der Waals surface area contributed by atoms with E-state index in [-0.39, 0.29) is 22.3 Å². The molecule has 8 rings (SSSR count). The Kier molecular flexibility index (Phi) is 24.2. The van der Waals surface area contributed by atoms with Crippen LogP contribution in [0, 0.1) is 0 Å². The third-order valence-corrected chi connectivity index (χ3v) is 9.74. The van der Waals surface area contributed by atoms with E-state index in [4.69, 9.17) is 0 Å². The number of rotatable bonds is 6. The molecule has 342 valence electrons. The van der Waals surface area contributed by atoms with Crippen molar-refractivity contribution in [2.75, 3.05) is 18.8 Å². The van der Waals surface area contributed by atoms with Gasteiger partial charge in [0.15, 0.2) is 0 Å². The fourth-order valence-electron chi connectivity index (χ4n) is 6.52. The van der Waals surface area contributed by atoms with Crippen LogP contribution in [0.2, 0.25) is 0 Å². The highest BCUT2D eigenvalue weighted by Crippen LogP contribution is 2.32. The van der Waals surface area contributed by atoms with Gasteiger partial charge in [-0.1, -0.05) is 176 Å². The van der Waals surface area contributed by atoms with E-state index >= 15 is 0 Å². The Morgan fingerprint density at radius 1 is 0.403 bits per heavy atom. The number of nitrogens with zero attached hydrogens (tertiary/aromatic N) is 3. The Bertz CT molecular complexity index is 2640. The van der Waals surface area contributed by atoms with Crippen LogP contribution in [0.3, 0.4) is 0 Å². The second-order valence-corrected chi connectivity index (χ2v) is 17.4. The zero-order valence-electron chi connectivity index (χ0n) is 35.2. The molecule has 0 aliphatic heterocycles. The quantitative estimate of drug-likeness (QED) is 0.151. The highest BCUT2D eigenvalue weighted by atomic mass is 32.2. The lowest BCUT2D eigenvalue weighted by Gasteiger charge is -2.05. The Morgan fingerprint density at radius 3 is 1.37 bits per heavy atom. The summed E-state index contributed by atoms with van der Waals surface area (Å²) in [5.41, 5.74) is 8.70. The molecule has 0 N–H and O–H groups in total. The van der Waals surface area contributed by atoms with Gasteiger partial charge in [0, 0.05) is 16.7 Å². The summed E-state index contributed by atoms with van der Waals surface area (Å²) in [6.45, 7) is 12.0. The summed E-state index contributed by atoms with van der Waals surface area (Å²) in [7, 11) is -10.6. The van der Waals surface area contributed by atoms with Crippen LogP contribution in [0.25, 0.3) is 21.5 Å². The molecule has 0 bridgehead atoms. The average Bonchev–Trinajstić information content (AvgIpc) is 3.98. The lowest BCUT2D eigenvalue weighted by Crippen LogP contribution is -2.02. The second-order valence-electron chi connectivity index (χ2n) is 12.7. The molecule has 0 saturated carbocycles. The topological polar surface area (TPSA) is 167 Å². The number of benzene rings is 5. The number of fused-ring (bicyclic) bond motifs is 7. The zero-order chi connectivity index (χ0) is 43.8. The molecule has 0 fully saturated rings. The molecule has 0 aromatic heterocycles. The summed E-state index contributed by atoms with van der Waals surface area (Å²) in [5.74, 6) is 0. The van der Waals surface area contributed by atoms with Crippen molar-refractivity contribution < 1.29 is 38.1 Å². The highest BCUT2D eigenvalue weighted by Gasteiger charge is 2.23. The Morgan fingerprint density at radius 2 is 0.806 bits per heavy atom. The van der Waals surface area contributed by atoms with E-state index in [1.807, 2.05) is 114 Å².